The van der Waals surface area contributed by atoms with Crippen molar-refractivity contribution in [2.24, 2.45) is 0 Å². The monoisotopic (exact) mass is 317 g/mol. The van der Waals surface area contributed by atoms with Gasteiger partial charge >= 0.3 is 5.97 Å². The largest absolute Gasteiger partial charge is 0.465 e. The summed E-state index contributed by atoms with van der Waals surface area (Å²) >= 11 is 5.10. The van der Waals surface area contributed by atoms with Gasteiger partial charge in [-0.2, -0.15) is 0 Å². The Hall–Kier alpha value is -0.520. The lowest BCUT2D eigenvalue weighted by molar-refractivity contribution is -0.144. The second-order valence-corrected chi connectivity index (χ2v) is 5.25. The number of halogens is 1. The van der Waals surface area contributed by atoms with Crippen LogP contribution in [0.5, 0.6) is 0 Å². The molecule has 1 N–H and O–H groups in total. The maximum Gasteiger partial charge on any atom is 0.323 e. The summed E-state index contributed by atoms with van der Waals surface area (Å²) in [6.07, 6.45) is 0. The lowest BCUT2D eigenvalue weighted by Gasteiger charge is -2.14. The van der Waals surface area contributed by atoms with Crippen molar-refractivity contribution in [1.29, 1.82) is 0 Å². The van der Waals surface area contributed by atoms with E-state index in [1.807, 2.05) is 31.2 Å². The molecule has 0 aromatic heterocycles. The van der Waals surface area contributed by atoms with Crippen LogP contribution in [-0.4, -0.2) is 31.4 Å². The number of esters is 1. The molecule has 0 heterocycles. The molecule has 1 unspecified atom stereocenters. The number of ether oxygens (including phenoxy) is 1. The molecule has 1 rings (SSSR count). The molecule has 3 nitrogen and oxygen atoms in total. The summed E-state index contributed by atoms with van der Waals surface area (Å²) < 4.78 is 6.03. The Morgan fingerprint density at radius 3 is 2.82 bits per heavy atom. The van der Waals surface area contributed by atoms with Crippen molar-refractivity contribution >= 4 is 33.7 Å². The minimum absolute atomic E-state index is 0.199. The van der Waals surface area contributed by atoms with E-state index in [0.717, 1.165) is 9.37 Å². The van der Waals surface area contributed by atoms with Gasteiger partial charge in [-0.1, -0.05) is 12.1 Å². The fourth-order valence-corrected chi connectivity index (χ4v) is 2.90. The zero-order chi connectivity index (χ0) is 12.7. The van der Waals surface area contributed by atoms with Crippen LogP contribution in [0.2, 0.25) is 0 Å². The molecule has 1 atom stereocenters. The Morgan fingerprint density at radius 2 is 2.24 bits per heavy atom. The van der Waals surface area contributed by atoms with Gasteiger partial charge in [0.15, 0.2) is 0 Å². The second kappa shape index (κ2) is 7.74. The molecule has 0 aliphatic carbocycles. The minimum atomic E-state index is -0.271. The van der Waals surface area contributed by atoms with Gasteiger partial charge in [-0.3, -0.25) is 4.79 Å². The maximum atomic E-state index is 11.6. The third kappa shape index (κ3) is 4.69. The highest BCUT2D eigenvalue weighted by Gasteiger charge is 2.17. The number of carbonyl (C=O) groups excluding carboxylic acids is 1. The highest BCUT2D eigenvalue weighted by molar-refractivity contribution is 9.10. The lowest BCUT2D eigenvalue weighted by atomic mass is 10.3. The van der Waals surface area contributed by atoms with Crippen LogP contribution in [0.4, 0.5) is 0 Å². The first-order valence-electron chi connectivity index (χ1n) is 5.40. The third-order valence-corrected chi connectivity index (χ3v) is 4.28. The second-order valence-electron chi connectivity index (χ2n) is 3.33. The van der Waals surface area contributed by atoms with Gasteiger partial charge in [0, 0.05) is 15.1 Å². The summed E-state index contributed by atoms with van der Waals surface area (Å²) in [7, 11) is 1.77. The molecule has 0 aliphatic rings. The summed E-state index contributed by atoms with van der Waals surface area (Å²) in [6, 6.07) is 7.68. The zero-order valence-electron chi connectivity index (χ0n) is 9.90. The van der Waals surface area contributed by atoms with Crippen molar-refractivity contribution in [3.05, 3.63) is 28.7 Å². The van der Waals surface area contributed by atoms with Crippen LogP contribution in [-0.2, 0) is 9.53 Å². The molecule has 0 bridgehead atoms. The average Bonchev–Trinajstić information content (AvgIpc) is 2.32. The summed E-state index contributed by atoms with van der Waals surface area (Å²) in [5.74, 6) is 0.451. The van der Waals surface area contributed by atoms with Crippen LogP contribution in [0.3, 0.4) is 0 Å². The molecule has 5 heteroatoms. The van der Waals surface area contributed by atoms with E-state index >= 15 is 0 Å². The van der Waals surface area contributed by atoms with Crippen LogP contribution in [0.25, 0.3) is 0 Å². The SMILES string of the molecule is CCOC(=O)C(CSc1ccccc1Br)NC. The first-order chi connectivity index (χ1) is 8.19. The normalized spacial score (nSPS) is 12.2. The number of hydrogen-bond donors (Lipinski definition) is 1. The molecule has 0 fully saturated rings. The van der Waals surface area contributed by atoms with Gasteiger partial charge in [0.1, 0.15) is 6.04 Å². The minimum Gasteiger partial charge on any atom is -0.465 e. The fraction of sp³-hybridized carbons (Fsp3) is 0.417. The summed E-state index contributed by atoms with van der Waals surface area (Å²) in [5.41, 5.74) is 0. The molecule has 17 heavy (non-hydrogen) atoms. The van der Waals surface area contributed by atoms with Gasteiger partial charge in [-0.25, -0.2) is 0 Å². The quantitative estimate of drug-likeness (QED) is 0.646. The van der Waals surface area contributed by atoms with E-state index in [2.05, 4.69) is 21.2 Å². The third-order valence-electron chi connectivity index (χ3n) is 2.16. The molecule has 0 radical (unpaired) electrons. The van der Waals surface area contributed by atoms with E-state index in [1.54, 1.807) is 18.8 Å². The smallest absolute Gasteiger partial charge is 0.323 e. The fourth-order valence-electron chi connectivity index (χ4n) is 1.25. The van der Waals surface area contributed by atoms with Gasteiger partial charge in [0.2, 0.25) is 0 Å². The van der Waals surface area contributed by atoms with Gasteiger partial charge in [0.25, 0.3) is 0 Å². The van der Waals surface area contributed by atoms with Gasteiger partial charge in [0.05, 0.1) is 6.61 Å². The zero-order valence-corrected chi connectivity index (χ0v) is 12.3. The highest BCUT2D eigenvalue weighted by atomic mass is 79.9. The van der Waals surface area contributed by atoms with E-state index in [1.165, 1.54) is 0 Å². The van der Waals surface area contributed by atoms with Crippen LogP contribution < -0.4 is 5.32 Å². The molecule has 0 saturated heterocycles. The Labute approximate surface area is 114 Å². The van der Waals surface area contributed by atoms with Gasteiger partial charge in [-0.15, -0.1) is 11.8 Å². The molecule has 0 amide bonds. The predicted molar refractivity (Wildman–Crippen MR) is 74.3 cm³/mol. The molecule has 1 aromatic rings. The lowest BCUT2D eigenvalue weighted by Crippen LogP contribution is -2.37. The van der Waals surface area contributed by atoms with Crippen molar-refractivity contribution in [3.8, 4) is 0 Å². The predicted octanol–water partition coefficient (Wildman–Crippen LogP) is 2.69. The highest BCUT2D eigenvalue weighted by Crippen LogP contribution is 2.27. The summed E-state index contributed by atoms with van der Waals surface area (Å²) in [4.78, 5) is 12.7. The van der Waals surface area contributed by atoms with E-state index in [0.29, 0.717) is 12.4 Å². The standard InChI is InChI=1S/C12H16BrNO2S/c1-3-16-12(15)10(14-2)8-17-11-7-5-4-6-9(11)13/h4-7,10,14H,3,8H2,1-2H3. The maximum absolute atomic E-state index is 11.6. The van der Waals surface area contributed by atoms with Crippen molar-refractivity contribution < 1.29 is 9.53 Å². The molecule has 0 spiro atoms. The molecule has 1 aromatic carbocycles. The van der Waals surface area contributed by atoms with Gasteiger partial charge < -0.3 is 10.1 Å². The number of benzene rings is 1. The Bertz CT molecular complexity index is 373. The molecular weight excluding hydrogens is 302 g/mol. The molecule has 94 valence electrons. The van der Waals surface area contributed by atoms with Crippen LogP contribution >= 0.6 is 27.7 Å². The van der Waals surface area contributed by atoms with Crippen molar-refractivity contribution in [2.45, 2.75) is 17.9 Å². The van der Waals surface area contributed by atoms with E-state index < -0.39 is 0 Å². The van der Waals surface area contributed by atoms with E-state index in [-0.39, 0.29) is 12.0 Å². The summed E-state index contributed by atoms with van der Waals surface area (Å²) in [5, 5.41) is 2.97. The number of nitrogens with one attached hydrogen (secondary N) is 1. The van der Waals surface area contributed by atoms with Crippen molar-refractivity contribution in [1.82, 2.24) is 5.32 Å². The first-order valence-corrected chi connectivity index (χ1v) is 7.18. The summed E-state index contributed by atoms with van der Waals surface area (Å²) in [6.45, 7) is 2.22. The van der Waals surface area contributed by atoms with Crippen LogP contribution in [0.1, 0.15) is 6.92 Å². The number of rotatable bonds is 6. The van der Waals surface area contributed by atoms with E-state index in [4.69, 9.17) is 4.74 Å². The first kappa shape index (κ1) is 14.5. The Morgan fingerprint density at radius 1 is 1.53 bits per heavy atom. The van der Waals surface area contributed by atoms with Crippen molar-refractivity contribution in [2.75, 3.05) is 19.4 Å². The topological polar surface area (TPSA) is 38.3 Å². The van der Waals surface area contributed by atoms with Gasteiger partial charge in [-0.05, 0) is 42.0 Å². The van der Waals surface area contributed by atoms with Crippen molar-refractivity contribution in [3.63, 3.8) is 0 Å². The number of thioether (sulfide) groups is 1. The Balaban J connectivity index is 2.53. The number of likely N-dealkylation sites (N-methyl/N-ethyl adjacent to an activating group) is 1. The van der Waals surface area contributed by atoms with Crippen LogP contribution in [0, 0.1) is 0 Å². The number of carbonyl (C=O) groups is 1. The average molecular weight is 318 g/mol. The number of hydrogen-bond acceptors (Lipinski definition) is 4. The molecule has 0 saturated carbocycles. The van der Waals surface area contributed by atoms with Crippen LogP contribution in [0.15, 0.2) is 33.6 Å². The Kier molecular flexibility index (Phi) is 6.62. The molecular formula is C12H16BrNO2S. The van der Waals surface area contributed by atoms with E-state index in [9.17, 15) is 4.79 Å². The molecule has 0 aliphatic heterocycles.